The van der Waals surface area contributed by atoms with E-state index >= 15 is 0 Å². The van der Waals surface area contributed by atoms with Crippen LogP contribution in [-0.2, 0) is 9.53 Å². The Hall–Kier alpha value is -0.610. The van der Waals surface area contributed by atoms with Crippen molar-refractivity contribution in [2.75, 3.05) is 19.8 Å². The predicted octanol–water partition coefficient (Wildman–Crippen LogP) is 0.0410. The molecule has 4 nitrogen and oxygen atoms in total. The monoisotopic (exact) mass is 175 g/mol. The summed E-state index contributed by atoms with van der Waals surface area (Å²) >= 11 is 0. The van der Waals surface area contributed by atoms with Crippen molar-refractivity contribution < 1.29 is 14.6 Å². The van der Waals surface area contributed by atoms with Gasteiger partial charge in [0.2, 0.25) is 0 Å². The van der Waals surface area contributed by atoms with Gasteiger partial charge < -0.3 is 15.6 Å². The zero-order valence-electron chi connectivity index (χ0n) is 7.29. The van der Waals surface area contributed by atoms with Crippen LogP contribution >= 0.6 is 0 Å². The molecule has 0 rings (SSSR count). The molecule has 0 aliphatic rings. The standard InChI is InChI=1S/C8H17NO3/c9-5-7-12-8(11)4-2-1-3-6-10/h10H,1-7,9H2. The Balaban J connectivity index is 3.08. The maximum absolute atomic E-state index is 10.8. The van der Waals surface area contributed by atoms with Crippen molar-refractivity contribution >= 4 is 5.97 Å². The molecule has 0 aromatic heterocycles. The first-order chi connectivity index (χ1) is 5.81. The zero-order valence-corrected chi connectivity index (χ0v) is 7.29. The van der Waals surface area contributed by atoms with Crippen molar-refractivity contribution in [2.24, 2.45) is 5.73 Å². The summed E-state index contributed by atoms with van der Waals surface area (Å²) in [5, 5.41) is 8.44. The third kappa shape index (κ3) is 7.50. The Labute approximate surface area is 72.7 Å². The normalized spacial score (nSPS) is 9.83. The molecule has 0 spiro atoms. The van der Waals surface area contributed by atoms with E-state index < -0.39 is 0 Å². The molecule has 0 unspecified atom stereocenters. The van der Waals surface area contributed by atoms with E-state index in [1.807, 2.05) is 0 Å². The SMILES string of the molecule is NCCOC(=O)CCCCCO. The second-order valence-electron chi connectivity index (χ2n) is 2.54. The van der Waals surface area contributed by atoms with Crippen molar-refractivity contribution in [1.29, 1.82) is 0 Å². The highest BCUT2D eigenvalue weighted by Gasteiger charge is 2.00. The minimum atomic E-state index is -0.196. The quantitative estimate of drug-likeness (QED) is 0.423. The summed E-state index contributed by atoms with van der Waals surface area (Å²) in [6.07, 6.45) is 2.84. The van der Waals surface area contributed by atoms with Gasteiger partial charge in [-0.05, 0) is 12.8 Å². The van der Waals surface area contributed by atoms with E-state index in [1.165, 1.54) is 0 Å². The molecule has 0 saturated carbocycles. The average Bonchev–Trinajstić information content (AvgIpc) is 2.09. The summed E-state index contributed by atoms with van der Waals surface area (Å²) < 4.78 is 4.74. The summed E-state index contributed by atoms with van der Waals surface area (Å²) in [5.41, 5.74) is 5.14. The van der Waals surface area contributed by atoms with Crippen molar-refractivity contribution in [1.82, 2.24) is 0 Å². The molecule has 0 aliphatic carbocycles. The molecular formula is C8H17NO3. The number of ether oxygens (including phenoxy) is 1. The van der Waals surface area contributed by atoms with Crippen LogP contribution in [0.2, 0.25) is 0 Å². The highest BCUT2D eigenvalue weighted by molar-refractivity contribution is 5.69. The number of esters is 1. The van der Waals surface area contributed by atoms with Gasteiger partial charge in [-0.2, -0.15) is 0 Å². The lowest BCUT2D eigenvalue weighted by atomic mass is 10.2. The fourth-order valence-electron chi connectivity index (χ4n) is 0.803. The van der Waals surface area contributed by atoms with Gasteiger partial charge in [-0.25, -0.2) is 0 Å². The van der Waals surface area contributed by atoms with E-state index in [-0.39, 0.29) is 12.6 Å². The number of carbonyl (C=O) groups is 1. The molecule has 0 heterocycles. The van der Waals surface area contributed by atoms with E-state index in [0.29, 0.717) is 19.6 Å². The van der Waals surface area contributed by atoms with Gasteiger partial charge in [0, 0.05) is 19.6 Å². The lowest BCUT2D eigenvalue weighted by Gasteiger charge is -2.01. The number of hydrogen-bond donors (Lipinski definition) is 2. The van der Waals surface area contributed by atoms with Gasteiger partial charge in [0.1, 0.15) is 6.61 Å². The number of nitrogens with two attached hydrogens (primary N) is 1. The number of carbonyl (C=O) groups excluding carboxylic acids is 1. The summed E-state index contributed by atoms with van der Waals surface area (Å²) in [6.45, 7) is 0.874. The largest absolute Gasteiger partial charge is 0.464 e. The first kappa shape index (κ1) is 11.4. The smallest absolute Gasteiger partial charge is 0.305 e. The minimum absolute atomic E-state index is 0.192. The van der Waals surface area contributed by atoms with Crippen LogP contribution in [0.3, 0.4) is 0 Å². The zero-order chi connectivity index (χ0) is 9.23. The molecule has 0 amide bonds. The highest BCUT2D eigenvalue weighted by atomic mass is 16.5. The summed E-state index contributed by atoms with van der Waals surface area (Å²) in [4.78, 5) is 10.8. The Bertz CT molecular complexity index is 117. The minimum Gasteiger partial charge on any atom is -0.464 e. The molecule has 72 valence electrons. The second kappa shape index (κ2) is 8.49. The Morgan fingerprint density at radius 3 is 2.67 bits per heavy atom. The van der Waals surface area contributed by atoms with Crippen LogP contribution in [0, 0.1) is 0 Å². The van der Waals surface area contributed by atoms with E-state index in [4.69, 9.17) is 15.6 Å². The number of hydrogen-bond acceptors (Lipinski definition) is 4. The van der Waals surface area contributed by atoms with E-state index in [2.05, 4.69) is 0 Å². The summed E-state index contributed by atoms with van der Waals surface area (Å²) in [5.74, 6) is -0.196. The molecule has 12 heavy (non-hydrogen) atoms. The van der Waals surface area contributed by atoms with Gasteiger partial charge in [0.15, 0.2) is 0 Å². The predicted molar refractivity (Wildman–Crippen MR) is 45.6 cm³/mol. The average molecular weight is 175 g/mol. The van der Waals surface area contributed by atoms with Gasteiger partial charge in [0.05, 0.1) is 0 Å². The highest BCUT2D eigenvalue weighted by Crippen LogP contribution is 2.00. The fraction of sp³-hybridized carbons (Fsp3) is 0.875. The maximum atomic E-state index is 10.8. The summed E-state index contributed by atoms with van der Waals surface area (Å²) in [6, 6.07) is 0. The Kier molecular flexibility index (Phi) is 8.05. The number of rotatable bonds is 7. The molecule has 0 radical (unpaired) electrons. The molecule has 0 aromatic rings. The fourth-order valence-corrected chi connectivity index (χ4v) is 0.803. The topological polar surface area (TPSA) is 72.5 Å². The van der Waals surface area contributed by atoms with Crippen LogP contribution in [-0.4, -0.2) is 30.8 Å². The number of unbranched alkanes of at least 4 members (excludes halogenated alkanes) is 2. The molecule has 0 fully saturated rings. The first-order valence-electron chi connectivity index (χ1n) is 4.27. The lowest BCUT2D eigenvalue weighted by Crippen LogP contribution is -2.13. The van der Waals surface area contributed by atoms with Crippen molar-refractivity contribution in [2.45, 2.75) is 25.7 Å². The maximum Gasteiger partial charge on any atom is 0.305 e. The first-order valence-corrected chi connectivity index (χ1v) is 4.27. The molecule has 0 aliphatic heterocycles. The second-order valence-corrected chi connectivity index (χ2v) is 2.54. The molecular weight excluding hydrogens is 158 g/mol. The van der Waals surface area contributed by atoms with Gasteiger partial charge in [-0.15, -0.1) is 0 Å². The lowest BCUT2D eigenvalue weighted by molar-refractivity contribution is -0.143. The molecule has 4 heteroatoms. The van der Waals surface area contributed by atoms with Crippen LogP contribution in [0.15, 0.2) is 0 Å². The number of aliphatic hydroxyl groups is 1. The summed E-state index contributed by atoms with van der Waals surface area (Å²) in [7, 11) is 0. The Morgan fingerprint density at radius 1 is 1.33 bits per heavy atom. The van der Waals surface area contributed by atoms with Crippen LogP contribution in [0.5, 0.6) is 0 Å². The Morgan fingerprint density at radius 2 is 2.08 bits per heavy atom. The van der Waals surface area contributed by atoms with Crippen molar-refractivity contribution in [3.05, 3.63) is 0 Å². The van der Waals surface area contributed by atoms with Gasteiger partial charge in [0.25, 0.3) is 0 Å². The van der Waals surface area contributed by atoms with Gasteiger partial charge in [-0.1, -0.05) is 6.42 Å². The van der Waals surface area contributed by atoms with Crippen LogP contribution in [0.25, 0.3) is 0 Å². The van der Waals surface area contributed by atoms with E-state index in [1.54, 1.807) is 0 Å². The molecule has 0 bridgehead atoms. The van der Waals surface area contributed by atoms with Crippen molar-refractivity contribution in [3.63, 3.8) is 0 Å². The van der Waals surface area contributed by atoms with E-state index in [9.17, 15) is 4.79 Å². The number of aliphatic hydroxyl groups excluding tert-OH is 1. The molecule has 0 atom stereocenters. The van der Waals surface area contributed by atoms with Crippen LogP contribution < -0.4 is 5.73 Å². The van der Waals surface area contributed by atoms with Crippen LogP contribution in [0.4, 0.5) is 0 Å². The molecule has 3 N–H and O–H groups in total. The van der Waals surface area contributed by atoms with Gasteiger partial charge in [-0.3, -0.25) is 4.79 Å². The van der Waals surface area contributed by atoms with E-state index in [0.717, 1.165) is 19.3 Å². The van der Waals surface area contributed by atoms with Gasteiger partial charge >= 0.3 is 5.97 Å². The van der Waals surface area contributed by atoms with Crippen LogP contribution in [0.1, 0.15) is 25.7 Å². The molecule has 0 saturated heterocycles. The van der Waals surface area contributed by atoms with Crippen molar-refractivity contribution in [3.8, 4) is 0 Å². The third-order valence-electron chi connectivity index (χ3n) is 1.42. The molecule has 0 aromatic carbocycles. The third-order valence-corrected chi connectivity index (χ3v) is 1.42.